The third-order valence-corrected chi connectivity index (χ3v) is 3.42. The highest BCUT2D eigenvalue weighted by Crippen LogP contribution is 2.28. The number of benzene rings is 1. The van der Waals surface area contributed by atoms with Gasteiger partial charge in [0, 0.05) is 0 Å². The van der Waals surface area contributed by atoms with E-state index in [1.54, 1.807) is 12.3 Å². The number of pyridine rings is 1. The number of aliphatic hydroxyl groups is 1. The number of nitrogens with zero attached hydrogens (tertiary/aromatic N) is 1. The first-order valence-corrected chi connectivity index (χ1v) is 7.32. The standard InChI is InChI=1S/C18H23NO2/c1-5-17(20)16-10-9-15(12-19-16)21-14-8-6-7-13(11-14)18(2,3)4/h6-12,17,20H,5H2,1-4H3/t17-/m1/s1. The Labute approximate surface area is 126 Å². The van der Waals surface area contributed by atoms with Gasteiger partial charge in [-0.3, -0.25) is 4.98 Å². The van der Waals surface area contributed by atoms with E-state index in [1.807, 2.05) is 25.1 Å². The molecular formula is C18H23NO2. The van der Waals surface area contributed by atoms with Crippen molar-refractivity contribution in [3.8, 4) is 11.5 Å². The van der Waals surface area contributed by atoms with Crippen LogP contribution in [0.15, 0.2) is 42.6 Å². The maximum atomic E-state index is 9.73. The molecule has 1 aromatic heterocycles. The molecule has 3 heteroatoms. The van der Waals surface area contributed by atoms with Crippen molar-refractivity contribution in [2.24, 2.45) is 0 Å². The normalized spacial score (nSPS) is 13.0. The van der Waals surface area contributed by atoms with Crippen molar-refractivity contribution >= 4 is 0 Å². The van der Waals surface area contributed by atoms with Crippen LogP contribution in [-0.4, -0.2) is 10.1 Å². The van der Waals surface area contributed by atoms with E-state index in [-0.39, 0.29) is 5.41 Å². The van der Waals surface area contributed by atoms with E-state index in [0.717, 1.165) is 5.75 Å². The molecule has 112 valence electrons. The maximum absolute atomic E-state index is 9.73. The van der Waals surface area contributed by atoms with Crippen LogP contribution in [0.4, 0.5) is 0 Å². The Morgan fingerprint density at radius 2 is 1.90 bits per heavy atom. The quantitative estimate of drug-likeness (QED) is 0.891. The fourth-order valence-corrected chi connectivity index (χ4v) is 2.02. The van der Waals surface area contributed by atoms with Gasteiger partial charge in [-0.05, 0) is 41.7 Å². The average molecular weight is 285 g/mol. The Morgan fingerprint density at radius 1 is 1.14 bits per heavy atom. The Morgan fingerprint density at radius 3 is 2.48 bits per heavy atom. The van der Waals surface area contributed by atoms with Gasteiger partial charge in [-0.15, -0.1) is 0 Å². The second-order valence-corrected chi connectivity index (χ2v) is 6.22. The van der Waals surface area contributed by atoms with Crippen molar-refractivity contribution < 1.29 is 9.84 Å². The van der Waals surface area contributed by atoms with Crippen molar-refractivity contribution in [3.05, 3.63) is 53.9 Å². The minimum Gasteiger partial charge on any atom is -0.456 e. The minimum atomic E-state index is -0.511. The summed E-state index contributed by atoms with van der Waals surface area (Å²) in [5.74, 6) is 1.47. The zero-order valence-electron chi connectivity index (χ0n) is 13.1. The van der Waals surface area contributed by atoms with Gasteiger partial charge in [0.15, 0.2) is 0 Å². The molecule has 2 rings (SSSR count). The maximum Gasteiger partial charge on any atom is 0.145 e. The molecule has 0 amide bonds. The number of ether oxygens (including phenoxy) is 1. The van der Waals surface area contributed by atoms with Crippen LogP contribution >= 0.6 is 0 Å². The van der Waals surface area contributed by atoms with Crippen LogP contribution in [0.1, 0.15) is 51.5 Å². The van der Waals surface area contributed by atoms with Gasteiger partial charge in [0.2, 0.25) is 0 Å². The molecule has 0 saturated heterocycles. The molecule has 1 N–H and O–H groups in total. The van der Waals surface area contributed by atoms with Gasteiger partial charge < -0.3 is 9.84 Å². The first-order valence-electron chi connectivity index (χ1n) is 7.32. The molecule has 0 saturated carbocycles. The fraction of sp³-hybridized carbons (Fsp3) is 0.389. The lowest BCUT2D eigenvalue weighted by molar-refractivity contribution is 0.169. The fourth-order valence-electron chi connectivity index (χ4n) is 2.02. The van der Waals surface area contributed by atoms with E-state index in [4.69, 9.17) is 4.74 Å². The van der Waals surface area contributed by atoms with E-state index in [2.05, 4.69) is 37.9 Å². The highest BCUT2D eigenvalue weighted by molar-refractivity contribution is 5.36. The van der Waals surface area contributed by atoms with E-state index >= 15 is 0 Å². The van der Waals surface area contributed by atoms with Gasteiger partial charge in [-0.25, -0.2) is 0 Å². The van der Waals surface area contributed by atoms with Crippen LogP contribution in [0.2, 0.25) is 0 Å². The van der Waals surface area contributed by atoms with Gasteiger partial charge in [-0.1, -0.05) is 39.8 Å². The molecule has 2 aromatic rings. The molecule has 1 heterocycles. The predicted molar refractivity (Wildman–Crippen MR) is 84.7 cm³/mol. The Kier molecular flexibility index (Phi) is 4.63. The van der Waals surface area contributed by atoms with Crippen molar-refractivity contribution in [1.82, 2.24) is 4.98 Å². The molecule has 3 nitrogen and oxygen atoms in total. The zero-order chi connectivity index (χ0) is 15.5. The predicted octanol–water partition coefficient (Wildman–Crippen LogP) is 4.61. The van der Waals surface area contributed by atoms with Gasteiger partial charge >= 0.3 is 0 Å². The average Bonchev–Trinajstić information content (AvgIpc) is 2.47. The van der Waals surface area contributed by atoms with Crippen LogP contribution in [0.25, 0.3) is 0 Å². The summed E-state index contributed by atoms with van der Waals surface area (Å²) >= 11 is 0. The SMILES string of the molecule is CC[C@@H](O)c1ccc(Oc2cccc(C(C)(C)C)c2)cn1. The van der Waals surface area contributed by atoms with Gasteiger partial charge in [0.25, 0.3) is 0 Å². The number of aromatic nitrogens is 1. The lowest BCUT2D eigenvalue weighted by atomic mass is 9.87. The third kappa shape index (κ3) is 4.05. The van der Waals surface area contributed by atoms with Crippen LogP contribution in [-0.2, 0) is 5.41 Å². The molecule has 21 heavy (non-hydrogen) atoms. The molecule has 0 aliphatic heterocycles. The summed E-state index contributed by atoms with van der Waals surface area (Å²) in [6.07, 6.45) is 1.79. The Balaban J connectivity index is 2.15. The molecule has 1 atom stereocenters. The van der Waals surface area contributed by atoms with Crippen LogP contribution in [0.3, 0.4) is 0 Å². The smallest absolute Gasteiger partial charge is 0.145 e. The largest absolute Gasteiger partial charge is 0.456 e. The van der Waals surface area contributed by atoms with E-state index in [0.29, 0.717) is 17.9 Å². The minimum absolute atomic E-state index is 0.0900. The summed E-state index contributed by atoms with van der Waals surface area (Å²) in [6.45, 7) is 8.45. The summed E-state index contributed by atoms with van der Waals surface area (Å²) in [6, 6.07) is 11.7. The second-order valence-electron chi connectivity index (χ2n) is 6.22. The number of aliphatic hydroxyl groups excluding tert-OH is 1. The van der Waals surface area contributed by atoms with Gasteiger partial charge in [0.1, 0.15) is 11.5 Å². The van der Waals surface area contributed by atoms with Crippen molar-refractivity contribution in [2.75, 3.05) is 0 Å². The molecular weight excluding hydrogens is 262 g/mol. The summed E-state index contributed by atoms with van der Waals surface area (Å²) in [5, 5.41) is 9.73. The van der Waals surface area contributed by atoms with Gasteiger partial charge in [0.05, 0.1) is 18.0 Å². The molecule has 0 aliphatic rings. The van der Waals surface area contributed by atoms with Gasteiger partial charge in [-0.2, -0.15) is 0 Å². The number of hydrogen-bond acceptors (Lipinski definition) is 3. The number of hydrogen-bond donors (Lipinski definition) is 1. The third-order valence-electron chi connectivity index (χ3n) is 3.42. The topological polar surface area (TPSA) is 42.4 Å². The summed E-state index contributed by atoms with van der Waals surface area (Å²) in [7, 11) is 0. The summed E-state index contributed by atoms with van der Waals surface area (Å²) in [4.78, 5) is 4.24. The van der Waals surface area contributed by atoms with Crippen LogP contribution in [0, 0.1) is 0 Å². The highest BCUT2D eigenvalue weighted by atomic mass is 16.5. The van der Waals surface area contributed by atoms with Crippen LogP contribution < -0.4 is 4.74 Å². The highest BCUT2D eigenvalue weighted by Gasteiger charge is 2.14. The lowest BCUT2D eigenvalue weighted by Gasteiger charge is -2.19. The first-order chi connectivity index (χ1) is 9.90. The van der Waals surface area contributed by atoms with E-state index in [1.165, 1.54) is 5.56 Å². The molecule has 0 bridgehead atoms. The van der Waals surface area contributed by atoms with Crippen LogP contribution in [0.5, 0.6) is 11.5 Å². The van der Waals surface area contributed by atoms with Crippen molar-refractivity contribution in [2.45, 2.75) is 45.6 Å². The second kappa shape index (κ2) is 6.27. The van der Waals surface area contributed by atoms with E-state index < -0.39 is 6.10 Å². The molecule has 0 unspecified atom stereocenters. The van der Waals surface area contributed by atoms with Crippen molar-refractivity contribution in [1.29, 1.82) is 0 Å². The summed E-state index contributed by atoms with van der Waals surface area (Å²) in [5.41, 5.74) is 1.99. The van der Waals surface area contributed by atoms with Crippen molar-refractivity contribution in [3.63, 3.8) is 0 Å². The van der Waals surface area contributed by atoms with E-state index in [9.17, 15) is 5.11 Å². The molecule has 0 spiro atoms. The molecule has 1 aromatic carbocycles. The Bertz CT molecular complexity index is 585. The molecule has 0 radical (unpaired) electrons. The molecule has 0 aliphatic carbocycles. The zero-order valence-corrected chi connectivity index (χ0v) is 13.1. The number of rotatable bonds is 4. The lowest BCUT2D eigenvalue weighted by Crippen LogP contribution is -2.10. The monoisotopic (exact) mass is 285 g/mol. The summed E-state index contributed by atoms with van der Waals surface area (Å²) < 4.78 is 5.84. The first kappa shape index (κ1) is 15.5. The molecule has 0 fully saturated rings. The Hall–Kier alpha value is -1.87.